The van der Waals surface area contributed by atoms with Crippen LogP contribution in [-0.2, 0) is 24.5 Å². The average Bonchev–Trinajstić information content (AvgIpc) is 2.66. The molecule has 3 saturated carbocycles. The van der Waals surface area contributed by atoms with Crippen LogP contribution in [0.5, 0.6) is 0 Å². The zero-order chi connectivity index (χ0) is 20.3. The van der Waals surface area contributed by atoms with Crippen molar-refractivity contribution in [1.29, 1.82) is 0 Å². The van der Waals surface area contributed by atoms with Gasteiger partial charge in [-0.15, -0.1) is 0 Å². The van der Waals surface area contributed by atoms with Crippen LogP contribution >= 0.6 is 0 Å². The predicted molar refractivity (Wildman–Crippen MR) is 113 cm³/mol. The van der Waals surface area contributed by atoms with Gasteiger partial charge in [-0.1, -0.05) is 0 Å². The maximum atomic E-state index is 11.1. The molecule has 3 fully saturated rings. The standard InChI is InChI=1S/C18H33OSi.C4H9O.2H2O.Ti/c19-20(16-10-4-1-5-11-16,17-12-6-2-7-13-17)18-14-8-3-9-15-18;1-4(2,3)5;;;/h16-18H,1-15H2;1-3H3;2*1H2;/q2*-1;;;+4/p-2. The SMILES string of the molecule is CC(C)(C)[O][Ti]([OH])([OH])[O][Si](C1CCCCC1)(C1CCCCC1)C1CCCCC1. The van der Waals surface area contributed by atoms with Gasteiger partial charge in [0.1, 0.15) is 0 Å². The zero-order valence-corrected chi connectivity index (χ0v) is 21.1. The molecule has 2 N–H and O–H groups in total. The van der Waals surface area contributed by atoms with Gasteiger partial charge in [0, 0.05) is 0 Å². The van der Waals surface area contributed by atoms with E-state index in [0.717, 1.165) is 0 Å². The molecule has 0 atom stereocenters. The monoisotopic (exact) mass is 448 g/mol. The normalized spacial score (nSPS) is 25.2. The molecule has 0 aromatic rings. The average molecular weight is 449 g/mol. The summed E-state index contributed by atoms with van der Waals surface area (Å²) in [4.78, 5) is 0. The minimum absolute atomic E-state index is 0.574. The topological polar surface area (TPSA) is 58.9 Å². The molecule has 0 aromatic carbocycles. The first-order valence-corrected chi connectivity index (χ1v) is 16.9. The minimum atomic E-state index is -4.76. The van der Waals surface area contributed by atoms with Crippen LogP contribution in [0.3, 0.4) is 0 Å². The molecule has 3 aliphatic rings. The second-order valence-electron chi connectivity index (χ2n) is 10.7. The van der Waals surface area contributed by atoms with E-state index < -0.39 is 32.1 Å². The molecular weight excluding hydrogens is 404 g/mol. The summed E-state index contributed by atoms with van der Waals surface area (Å²) < 4.78 is 34.9. The van der Waals surface area contributed by atoms with Gasteiger partial charge in [0.2, 0.25) is 0 Å². The summed E-state index contributed by atoms with van der Waals surface area (Å²) >= 11 is -4.76. The van der Waals surface area contributed by atoms with E-state index in [1.54, 1.807) is 0 Å². The Morgan fingerprint density at radius 3 is 1.25 bits per heavy atom. The van der Waals surface area contributed by atoms with E-state index >= 15 is 0 Å². The molecule has 0 bridgehead atoms. The second-order valence-corrected chi connectivity index (χ2v) is 18.1. The number of rotatable bonds is 6. The second kappa shape index (κ2) is 9.93. The molecule has 6 heteroatoms. The molecule has 3 aliphatic carbocycles. The zero-order valence-electron chi connectivity index (χ0n) is 18.5. The van der Waals surface area contributed by atoms with Crippen LogP contribution < -0.4 is 0 Å². The summed E-state index contributed by atoms with van der Waals surface area (Å²) in [6, 6.07) is 0. The van der Waals surface area contributed by atoms with Gasteiger partial charge in [0.15, 0.2) is 0 Å². The molecule has 28 heavy (non-hydrogen) atoms. The van der Waals surface area contributed by atoms with Crippen molar-refractivity contribution in [3.8, 4) is 0 Å². The Labute approximate surface area is 179 Å². The molecule has 164 valence electrons. The van der Waals surface area contributed by atoms with Crippen LogP contribution in [0, 0.1) is 0 Å². The first-order chi connectivity index (χ1) is 13.2. The van der Waals surface area contributed by atoms with Gasteiger partial charge in [-0.2, -0.15) is 0 Å². The van der Waals surface area contributed by atoms with E-state index in [4.69, 9.17) is 6.33 Å². The molecule has 0 unspecified atom stereocenters. The van der Waals surface area contributed by atoms with Crippen LogP contribution in [0.1, 0.15) is 117 Å². The third-order valence-corrected chi connectivity index (χ3v) is 17.9. The first kappa shape index (κ1) is 23.4. The number of hydrogen-bond acceptors (Lipinski definition) is 4. The predicted octanol–water partition coefficient (Wildman–Crippen LogP) is 6.57. The molecule has 0 radical (unpaired) electrons. The van der Waals surface area contributed by atoms with Crippen LogP contribution in [-0.4, -0.2) is 21.3 Å². The van der Waals surface area contributed by atoms with E-state index in [9.17, 15) is 7.38 Å². The van der Waals surface area contributed by atoms with Crippen LogP contribution in [0.15, 0.2) is 0 Å². The van der Waals surface area contributed by atoms with Gasteiger partial charge in [-0.3, -0.25) is 0 Å². The Morgan fingerprint density at radius 1 is 0.643 bits per heavy atom. The van der Waals surface area contributed by atoms with Crippen molar-refractivity contribution >= 4 is 8.32 Å². The van der Waals surface area contributed by atoms with Crippen molar-refractivity contribution in [2.24, 2.45) is 0 Å². The fourth-order valence-electron chi connectivity index (χ4n) is 6.56. The summed E-state index contributed by atoms with van der Waals surface area (Å²) in [5.74, 6) is 0. The molecule has 3 rings (SSSR count). The van der Waals surface area contributed by atoms with Gasteiger partial charge >= 0.3 is 179 Å². The molecule has 0 heterocycles. The number of hydrogen-bond donors (Lipinski definition) is 2. The van der Waals surface area contributed by atoms with E-state index in [2.05, 4.69) is 0 Å². The Kier molecular flexibility index (Phi) is 8.31. The van der Waals surface area contributed by atoms with Crippen molar-refractivity contribution in [3.63, 3.8) is 0 Å². The van der Waals surface area contributed by atoms with Crippen molar-refractivity contribution in [2.45, 2.75) is 139 Å². The summed E-state index contributed by atoms with van der Waals surface area (Å²) in [6.45, 7) is 5.73. The van der Waals surface area contributed by atoms with E-state index in [0.29, 0.717) is 16.6 Å². The van der Waals surface area contributed by atoms with Crippen molar-refractivity contribution in [2.75, 3.05) is 0 Å². The van der Waals surface area contributed by atoms with Gasteiger partial charge in [0.05, 0.1) is 0 Å². The van der Waals surface area contributed by atoms with Crippen molar-refractivity contribution in [3.05, 3.63) is 0 Å². The van der Waals surface area contributed by atoms with Gasteiger partial charge < -0.3 is 0 Å². The molecular formula is C22H44O4SiTi. The molecule has 0 amide bonds. The fraction of sp³-hybridized carbons (Fsp3) is 1.00. The Balaban J connectivity index is 1.97. The van der Waals surface area contributed by atoms with Crippen molar-refractivity contribution in [1.82, 2.24) is 0 Å². The van der Waals surface area contributed by atoms with E-state index in [1.807, 2.05) is 20.8 Å². The van der Waals surface area contributed by atoms with Gasteiger partial charge in [0.25, 0.3) is 0 Å². The maximum absolute atomic E-state index is 11.1. The summed E-state index contributed by atoms with van der Waals surface area (Å²) in [5.41, 5.74) is 1.22. The van der Waals surface area contributed by atoms with Crippen LogP contribution in [0.25, 0.3) is 0 Å². The van der Waals surface area contributed by atoms with Crippen LogP contribution in [0.2, 0.25) is 16.6 Å². The Bertz CT molecular complexity index is 430. The fourth-order valence-corrected chi connectivity index (χ4v) is 19.4. The molecule has 0 aromatic heterocycles. The summed E-state index contributed by atoms with van der Waals surface area (Å²) in [5, 5.41) is 0. The Hall–Kier alpha value is 0.771. The van der Waals surface area contributed by atoms with Gasteiger partial charge in [-0.25, -0.2) is 0 Å². The summed E-state index contributed by atoms with van der Waals surface area (Å²) in [7, 11) is -2.37. The van der Waals surface area contributed by atoms with Crippen molar-refractivity contribution < 1.29 is 31.8 Å². The molecule has 0 aliphatic heterocycles. The molecule has 4 nitrogen and oxygen atoms in total. The third-order valence-electron chi connectivity index (χ3n) is 7.48. The Morgan fingerprint density at radius 2 is 0.964 bits per heavy atom. The van der Waals surface area contributed by atoms with E-state index in [1.165, 1.54) is 96.3 Å². The third kappa shape index (κ3) is 5.93. The van der Waals surface area contributed by atoms with E-state index in [-0.39, 0.29) is 0 Å². The quantitative estimate of drug-likeness (QED) is 0.452. The van der Waals surface area contributed by atoms with Gasteiger partial charge in [-0.05, 0) is 0 Å². The summed E-state index contributed by atoms with van der Waals surface area (Å²) in [6.07, 6.45) is 19.2. The van der Waals surface area contributed by atoms with Crippen LogP contribution in [0.4, 0.5) is 0 Å². The molecule has 0 spiro atoms. The molecule has 0 saturated heterocycles. The first-order valence-electron chi connectivity index (χ1n) is 12.1.